The van der Waals surface area contributed by atoms with Crippen molar-refractivity contribution in [2.75, 3.05) is 19.7 Å². The number of likely N-dealkylation sites (tertiary alicyclic amines) is 1. The minimum absolute atomic E-state index is 0.0428. The molecule has 2 aromatic rings. The quantitative estimate of drug-likeness (QED) is 0.790. The van der Waals surface area contributed by atoms with Gasteiger partial charge >= 0.3 is 0 Å². The zero-order chi connectivity index (χ0) is 19.2. The summed E-state index contributed by atoms with van der Waals surface area (Å²) in [4.78, 5) is 13.8. The first-order valence-corrected chi connectivity index (χ1v) is 9.90. The van der Waals surface area contributed by atoms with Gasteiger partial charge < -0.3 is 15.0 Å². The molecule has 1 fully saturated rings. The predicted octanol–water partition coefficient (Wildman–Crippen LogP) is 2.49. The van der Waals surface area contributed by atoms with Crippen molar-refractivity contribution in [3.8, 4) is 5.75 Å². The fraction of sp³-hybridized carbons (Fsp3) is 0.435. The number of hydrogen-bond acceptors (Lipinski definition) is 2. The van der Waals surface area contributed by atoms with Crippen molar-refractivity contribution < 1.29 is 14.4 Å². The van der Waals surface area contributed by atoms with E-state index in [1.54, 1.807) is 4.90 Å². The van der Waals surface area contributed by atoms with E-state index in [1.165, 1.54) is 37.1 Å². The average Bonchev–Trinajstić information content (AvgIpc) is 3.13. The molecule has 3 rings (SSSR count). The Bertz CT molecular complexity index is 754. The van der Waals surface area contributed by atoms with Crippen LogP contribution in [0.5, 0.6) is 5.75 Å². The third-order valence-electron chi connectivity index (χ3n) is 5.23. The lowest BCUT2D eigenvalue weighted by Gasteiger charge is -2.14. The maximum Gasteiger partial charge on any atom is 0.258 e. The first kappa shape index (κ1) is 19.4. The van der Waals surface area contributed by atoms with Crippen LogP contribution in [0.25, 0.3) is 0 Å². The zero-order valence-corrected chi connectivity index (χ0v) is 16.7. The minimum Gasteiger partial charge on any atom is -0.483 e. The lowest BCUT2D eigenvalue weighted by atomic mass is 10.1. The molecular formula is C23H31N2O2+. The van der Waals surface area contributed by atoms with E-state index >= 15 is 0 Å². The highest BCUT2D eigenvalue weighted by molar-refractivity contribution is 5.77. The fourth-order valence-corrected chi connectivity index (χ4v) is 3.90. The van der Waals surface area contributed by atoms with Crippen molar-refractivity contribution in [3.05, 3.63) is 64.2 Å². The smallest absolute Gasteiger partial charge is 0.258 e. The van der Waals surface area contributed by atoms with Crippen molar-refractivity contribution in [1.29, 1.82) is 0 Å². The van der Waals surface area contributed by atoms with Gasteiger partial charge in [0.15, 0.2) is 6.61 Å². The van der Waals surface area contributed by atoms with Crippen molar-refractivity contribution in [3.63, 3.8) is 0 Å². The molecule has 1 saturated heterocycles. The van der Waals surface area contributed by atoms with Gasteiger partial charge in [-0.15, -0.1) is 0 Å². The number of carbonyl (C=O) groups is 1. The summed E-state index contributed by atoms with van der Waals surface area (Å²) in [5.41, 5.74) is 5.82. The lowest BCUT2D eigenvalue weighted by molar-refractivity contribution is -0.901. The van der Waals surface area contributed by atoms with Crippen LogP contribution < -0.4 is 15.0 Å². The fourth-order valence-electron chi connectivity index (χ4n) is 3.90. The Balaban J connectivity index is 1.45. The van der Waals surface area contributed by atoms with E-state index in [-0.39, 0.29) is 12.5 Å². The highest BCUT2D eigenvalue weighted by atomic mass is 16.5. The Morgan fingerprint density at radius 1 is 1.00 bits per heavy atom. The van der Waals surface area contributed by atoms with Gasteiger partial charge in [0.1, 0.15) is 12.3 Å². The summed E-state index contributed by atoms with van der Waals surface area (Å²) < 4.78 is 5.75. The first-order valence-electron chi connectivity index (χ1n) is 9.90. The van der Waals surface area contributed by atoms with Crippen LogP contribution in [-0.2, 0) is 17.9 Å². The Labute approximate surface area is 162 Å². The van der Waals surface area contributed by atoms with Crippen LogP contribution in [0.15, 0.2) is 36.4 Å². The van der Waals surface area contributed by atoms with E-state index in [0.717, 1.165) is 29.0 Å². The van der Waals surface area contributed by atoms with Crippen LogP contribution in [0.1, 0.15) is 40.7 Å². The summed E-state index contributed by atoms with van der Waals surface area (Å²) in [6.45, 7) is 10.3. The molecule has 0 spiro atoms. The van der Waals surface area contributed by atoms with Gasteiger partial charge in [-0.3, -0.25) is 4.79 Å². The number of ether oxygens (including phenoxy) is 1. The summed E-state index contributed by atoms with van der Waals surface area (Å²) >= 11 is 0. The van der Waals surface area contributed by atoms with Gasteiger partial charge in [0.2, 0.25) is 0 Å². The second kappa shape index (κ2) is 9.05. The van der Waals surface area contributed by atoms with Crippen molar-refractivity contribution in [1.82, 2.24) is 5.32 Å². The summed E-state index contributed by atoms with van der Waals surface area (Å²) in [6, 6.07) is 12.7. The van der Waals surface area contributed by atoms with E-state index < -0.39 is 0 Å². The van der Waals surface area contributed by atoms with Gasteiger partial charge in [-0.25, -0.2) is 0 Å². The minimum atomic E-state index is -0.0973. The standard InChI is InChI=1S/C23H30N2O2/c1-17-12-18(2)23(19(3)13-17)27-16-22(26)24-14-20-6-8-21(9-7-20)15-25-10-4-5-11-25/h6-9,12-13H,4-5,10-11,14-16H2,1-3H3,(H,24,26)/p+1. The van der Waals surface area contributed by atoms with Crippen LogP contribution in [-0.4, -0.2) is 25.6 Å². The van der Waals surface area contributed by atoms with Crippen LogP contribution in [0.4, 0.5) is 0 Å². The number of rotatable bonds is 7. The first-order chi connectivity index (χ1) is 13.0. The number of amides is 1. The summed E-state index contributed by atoms with van der Waals surface area (Å²) in [5, 5.41) is 2.94. The molecule has 2 aromatic carbocycles. The highest BCUT2D eigenvalue weighted by Gasteiger charge is 2.15. The topological polar surface area (TPSA) is 42.8 Å². The predicted molar refractivity (Wildman–Crippen MR) is 108 cm³/mol. The third-order valence-corrected chi connectivity index (χ3v) is 5.23. The van der Waals surface area contributed by atoms with Crippen molar-refractivity contribution >= 4 is 5.91 Å². The number of nitrogens with one attached hydrogen (secondary N) is 2. The molecule has 1 aliphatic rings. The number of quaternary nitrogens is 1. The van der Waals surface area contributed by atoms with Crippen LogP contribution in [0.2, 0.25) is 0 Å². The SMILES string of the molecule is Cc1cc(C)c(OCC(=O)NCc2ccc(C[NH+]3CCCC3)cc2)c(C)c1. The molecule has 4 heteroatoms. The molecule has 0 aromatic heterocycles. The van der Waals surface area contributed by atoms with Crippen LogP contribution in [0.3, 0.4) is 0 Å². The van der Waals surface area contributed by atoms with Gasteiger partial charge in [-0.1, -0.05) is 42.0 Å². The maximum atomic E-state index is 12.1. The van der Waals surface area contributed by atoms with Gasteiger partial charge in [0.05, 0.1) is 13.1 Å². The van der Waals surface area contributed by atoms with E-state index in [9.17, 15) is 4.79 Å². The second-order valence-corrected chi connectivity index (χ2v) is 7.74. The van der Waals surface area contributed by atoms with Gasteiger partial charge in [0, 0.05) is 24.9 Å². The van der Waals surface area contributed by atoms with E-state index in [0.29, 0.717) is 6.54 Å². The molecule has 1 amide bonds. The van der Waals surface area contributed by atoms with E-state index in [2.05, 4.69) is 48.6 Å². The molecular weight excluding hydrogens is 336 g/mol. The monoisotopic (exact) mass is 367 g/mol. The van der Waals surface area contributed by atoms with E-state index in [4.69, 9.17) is 4.74 Å². The molecule has 1 aliphatic heterocycles. The van der Waals surface area contributed by atoms with Crippen molar-refractivity contribution in [2.24, 2.45) is 0 Å². The van der Waals surface area contributed by atoms with E-state index in [1.807, 2.05) is 13.8 Å². The summed E-state index contributed by atoms with van der Waals surface area (Å²) in [6.07, 6.45) is 2.70. The Hall–Kier alpha value is -2.33. The Morgan fingerprint density at radius 2 is 1.59 bits per heavy atom. The molecule has 4 nitrogen and oxygen atoms in total. The molecule has 0 radical (unpaired) electrons. The largest absolute Gasteiger partial charge is 0.483 e. The zero-order valence-electron chi connectivity index (χ0n) is 16.7. The highest BCUT2D eigenvalue weighted by Crippen LogP contribution is 2.24. The van der Waals surface area contributed by atoms with Crippen LogP contribution in [0, 0.1) is 20.8 Å². The number of aryl methyl sites for hydroxylation is 3. The number of carbonyl (C=O) groups excluding carboxylic acids is 1. The molecule has 0 unspecified atom stereocenters. The van der Waals surface area contributed by atoms with Gasteiger partial charge in [-0.2, -0.15) is 0 Å². The maximum absolute atomic E-state index is 12.1. The molecule has 1 heterocycles. The molecule has 144 valence electrons. The number of benzene rings is 2. The van der Waals surface area contributed by atoms with Crippen molar-refractivity contribution in [2.45, 2.75) is 46.7 Å². The molecule has 2 N–H and O–H groups in total. The van der Waals surface area contributed by atoms with Crippen LogP contribution >= 0.6 is 0 Å². The second-order valence-electron chi connectivity index (χ2n) is 7.74. The lowest BCUT2D eigenvalue weighted by Crippen LogP contribution is -3.08. The van der Waals surface area contributed by atoms with Gasteiger partial charge in [-0.05, 0) is 37.5 Å². The third kappa shape index (κ3) is 5.57. The Morgan fingerprint density at radius 3 is 2.22 bits per heavy atom. The molecule has 27 heavy (non-hydrogen) atoms. The number of hydrogen-bond donors (Lipinski definition) is 2. The molecule has 0 atom stereocenters. The Kier molecular flexibility index (Phi) is 6.51. The molecule has 0 bridgehead atoms. The molecule has 0 aliphatic carbocycles. The van der Waals surface area contributed by atoms with Gasteiger partial charge in [0.25, 0.3) is 5.91 Å². The summed E-state index contributed by atoms with van der Waals surface area (Å²) in [5.74, 6) is 0.712. The average molecular weight is 368 g/mol. The summed E-state index contributed by atoms with van der Waals surface area (Å²) in [7, 11) is 0. The molecule has 0 saturated carbocycles. The normalized spacial score (nSPS) is 14.3.